The molecule has 2 nitrogen and oxygen atoms in total. The van der Waals surface area contributed by atoms with E-state index in [1.807, 2.05) is 31.2 Å². The van der Waals surface area contributed by atoms with Gasteiger partial charge in [0.05, 0.1) is 22.6 Å². The summed E-state index contributed by atoms with van der Waals surface area (Å²) in [6, 6.07) is 11.1. The summed E-state index contributed by atoms with van der Waals surface area (Å²) in [7, 11) is 0. The van der Waals surface area contributed by atoms with Crippen LogP contribution < -0.4 is 0 Å². The predicted molar refractivity (Wildman–Crippen MR) is 88.0 cm³/mol. The molecule has 102 valence electrons. The molecule has 3 aromatic rings. The van der Waals surface area contributed by atoms with Crippen LogP contribution in [0, 0.1) is 16.3 Å². The molecule has 0 saturated heterocycles. The zero-order chi connectivity index (χ0) is 14.3. The van der Waals surface area contributed by atoms with Crippen molar-refractivity contribution in [3.63, 3.8) is 0 Å². The van der Waals surface area contributed by atoms with E-state index in [1.165, 1.54) is 6.07 Å². The minimum absolute atomic E-state index is 0.235. The van der Waals surface area contributed by atoms with Gasteiger partial charge in [-0.25, -0.2) is 9.37 Å². The molecule has 0 amide bonds. The minimum Gasteiger partial charge on any atom is -0.292 e. The Hall–Kier alpha value is -1.14. The van der Waals surface area contributed by atoms with Crippen LogP contribution >= 0.6 is 34.2 Å². The van der Waals surface area contributed by atoms with E-state index in [0.717, 1.165) is 20.2 Å². The maximum Gasteiger partial charge on any atom is 0.147 e. The predicted octanol–water partition coefficient (Wildman–Crippen LogP) is 4.82. The van der Waals surface area contributed by atoms with Crippen molar-refractivity contribution < 1.29 is 4.39 Å². The monoisotopic (exact) mass is 400 g/mol. The highest BCUT2D eigenvalue weighted by atomic mass is 127. The topological polar surface area (TPSA) is 17.8 Å². The molecule has 0 spiro atoms. The Bertz CT molecular complexity index is 798. The Morgan fingerprint density at radius 3 is 2.75 bits per heavy atom. The van der Waals surface area contributed by atoms with Crippen LogP contribution in [-0.4, -0.2) is 9.55 Å². The van der Waals surface area contributed by atoms with Crippen molar-refractivity contribution in [2.45, 2.75) is 12.8 Å². The summed E-state index contributed by atoms with van der Waals surface area (Å²) in [5, 5.41) is 0. The quantitative estimate of drug-likeness (QED) is 0.446. The van der Waals surface area contributed by atoms with Gasteiger partial charge in [-0.3, -0.25) is 4.57 Å². The molecular weight excluding hydrogens is 390 g/mol. The Labute approximate surface area is 134 Å². The summed E-state index contributed by atoms with van der Waals surface area (Å²) in [6.07, 6.45) is 0. The fraction of sp³-hybridized carbons (Fsp3) is 0.133. The van der Waals surface area contributed by atoms with Gasteiger partial charge in [0.25, 0.3) is 0 Å². The third-order valence-electron chi connectivity index (χ3n) is 3.15. The highest BCUT2D eigenvalue weighted by molar-refractivity contribution is 14.1. The highest BCUT2D eigenvalue weighted by Gasteiger charge is 2.15. The Kier molecular flexibility index (Phi) is 3.69. The molecule has 2 aromatic carbocycles. The molecule has 0 aliphatic rings. The number of nitrogens with zero attached hydrogens (tertiary/aromatic N) is 2. The molecule has 0 radical (unpaired) electrons. The molecule has 1 aromatic heterocycles. The number of hydrogen-bond donors (Lipinski definition) is 0. The van der Waals surface area contributed by atoms with Crippen LogP contribution in [0.4, 0.5) is 4.39 Å². The molecule has 1 heterocycles. The van der Waals surface area contributed by atoms with Crippen LogP contribution in [0.15, 0.2) is 36.4 Å². The highest BCUT2D eigenvalue weighted by Crippen LogP contribution is 2.26. The number of aromatic nitrogens is 2. The first-order valence-corrected chi connectivity index (χ1v) is 7.71. The van der Waals surface area contributed by atoms with Gasteiger partial charge in [0, 0.05) is 3.57 Å². The van der Waals surface area contributed by atoms with Crippen molar-refractivity contribution in [3.8, 4) is 5.69 Å². The number of rotatable bonds is 2. The summed E-state index contributed by atoms with van der Waals surface area (Å²) < 4.78 is 17.1. The van der Waals surface area contributed by atoms with E-state index in [2.05, 4.69) is 27.6 Å². The molecule has 5 heteroatoms. The lowest BCUT2D eigenvalue weighted by molar-refractivity contribution is 0.616. The fourth-order valence-corrected chi connectivity index (χ4v) is 2.91. The molecule has 0 N–H and O–H groups in total. The third-order valence-corrected chi connectivity index (χ3v) is 4.06. The Morgan fingerprint density at radius 2 is 2.05 bits per heavy atom. The van der Waals surface area contributed by atoms with E-state index >= 15 is 0 Å². The van der Waals surface area contributed by atoms with Crippen LogP contribution in [0.25, 0.3) is 16.7 Å². The van der Waals surface area contributed by atoms with Gasteiger partial charge in [-0.05, 0) is 65.4 Å². The van der Waals surface area contributed by atoms with Crippen molar-refractivity contribution in [3.05, 3.63) is 57.2 Å². The van der Waals surface area contributed by atoms with Crippen LogP contribution in [-0.2, 0) is 5.88 Å². The lowest BCUT2D eigenvalue weighted by Crippen LogP contribution is -2.02. The maximum absolute atomic E-state index is 14.2. The smallest absolute Gasteiger partial charge is 0.147 e. The zero-order valence-corrected chi connectivity index (χ0v) is 13.6. The molecule has 0 atom stereocenters. The van der Waals surface area contributed by atoms with Crippen LogP contribution in [0.5, 0.6) is 0 Å². The number of hydrogen-bond acceptors (Lipinski definition) is 1. The second-order valence-electron chi connectivity index (χ2n) is 4.58. The number of benzene rings is 2. The standard InChI is InChI=1S/C15H11ClFIN2/c1-9-2-4-13(11(17)6-9)20-14-5-3-10(18)7-12(14)19-15(20)8-16/h2-7H,8H2,1H3. The summed E-state index contributed by atoms with van der Waals surface area (Å²) in [4.78, 5) is 4.49. The number of imidazole rings is 1. The lowest BCUT2D eigenvalue weighted by Gasteiger charge is -2.09. The van der Waals surface area contributed by atoms with Crippen molar-refractivity contribution in [2.75, 3.05) is 0 Å². The minimum atomic E-state index is -0.269. The van der Waals surface area contributed by atoms with Gasteiger partial charge < -0.3 is 0 Å². The van der Waals surface area contributed by atoms with E-state index in [0.29, 0.717) is 11.5 Å². The molecule has 0 aliphatic carbocycles. The van der Waals surface area contributed by atoms with Crippen molar-refractivity contribution >= 4 is 45.2 Å². The normalized spacial score (nSPS) is 11.2. The van der Waals surface area contributed by atoms with Gasteiger partial charge in [0.2, 0.25) is 0 Å². The fourth-order valence-electron chi connectivity index (χ4n) is 2.26. The van der Waals surface area contributed by atoms with Gasteiger partial charge in [-0.2, -0.15) is 0 Å². The van der Waals surface area contributed by atoms with Gasteiger partial charge in [0.15, 0.2) is 0 Å². The van der Waals surface area contributed by atoms with Crippen molar-refractivity contribution in [2.24, 2.45) is 0 Å². The summed E-state index contributed by atoms with van der Waals surface area (Å²) in [6.45, 7) is 1.86. The zero-order valence-electron chi connectivity index (χ0n) is 10.7. The molecule has 20 heavy (non-hydrogen) atoms. The van der Waals surface area contributed by atoms with Gasteiger partial charge in [0.1, 0.15) is 11.6 Å². The largest absolute Gasteiger partial charge is 0.292 e. The average Bonchev–Trinajstić information content (AvgIpc) is 2.76. The molecule has 0 bridgehead atoms. The van der Waals surface area contributed by atoms with E-state index in [4.69, 9.17) is 11.6 Å². The van der Waals surface area contributed by atoms with Crippen molar-refractivity contribution in [1.82, 2.24) is 9.55 Å². The van der Waals surface area contributed by atoms with E-state index < -0.39 is 0 Å². The number of fused-ring (bicyclic) bond motifs is 1. The number of alkyl halides is 1. The van der Waals surface area contributed by atoms with Crippen molar-refractivity contribution in [1.29, 1.82) is 0 Å². The lowest BCUT2D eigenvalue weighted by atomic mass is 10.2. The first-order chi connectivity index (χ1) is 9.60. The number of halogens is 3. The third kappa shape index (κ3) is 2.31. The number of aryl methyl sites for hydroxylation is 1. The molecule has 0 fully saturated rings. The average molecular weight is 401 g/mol. The first kappa shape index (κ1) is 13.8. The van der Waals surface area contributed by atoms with E-state index in [-0.39, 0.29) is 11.7 Å². The van der Waals surface area contributed by atoms with Gasteiger partial charge >= 0.3 is 0 Å². The first-order valence-electron chi connectivity index (χ1n) is 6.09. The summed E-state index contributed by atoms with van der Waals surface area (Å²) in [5.41, 5.74) is 3.06. The maximum atomic E-state index is 14.2. The van der Waals surface area contributed by atoms with Crippen LogP contribution in [0.3, 0.4) is 0 Å². The second kappa shape index (κ2) is 5.33. The molecule has 0 unspecified atom stereocenters. The Morgan fingerprint density at radius 1 is 1.25 bits per heavy atom. The summed E-state index contributed by atoms with van der Waals surface area (Å²) in [5.74, 6) is 0.610. The van der Waals surface area contributed by atoms with Gasteiger partial charge in [-0.15, -0.1) is 11.6 Å². The molecule has 3 rings (SSSR count). The molecule has 0 aliphatic heterocycles. The molecular formula is C15H11ClFIN2. The molecule has 0 saturated carbocycles. The SMILES string of the molecule is Cc1ccc(-n2c(CCl)nc3cc(I)ccc32)c(F)c1. The van der Waals surface area contributed by atoms with Gasteiger partial charge in [-0.1, -0.05) is 6.07 Å². The Balaban J connectivity index is 2.34. The second-order valence-corrected chi connectivity index (χ2v) is 6.10. The van der Waals surface area contributed by atoms with Crippen LogP contribution in [0.2, 0.25) is 0 Å². The van der Waals surface area contributed by atoms with E-state index in [1.54, 1.807) is 10.6 Å². The summed E-state index contributed by atoms with van der Waals surface area (Å²) >= 11 is 8.20. The van der Waals surface area contributed by atoms with E-state index in [9.17, 15) is 4.39 Å². The van der Waals surface area contributed by atoms with Crippen LogP contribution in [0.1, 0.15) is 11.4 Å².